The minimum Gasteiger partial charge on any atom is -0.377 e. The molecule has 0 aromatic heterocycles. The zero-order valence-electron chi connectivity index (χ0n) is 8.83. The number of nitrogens with zero attached hydrogens (tertiary/aromatic N) is 1. The molecule has 2 fully saturated rings. The van der Waals surface area contributed by atoms with Gasteiger partial charge in [0.25, 0.3) is 0 Å². The van der Waals surface area contributed by atoms with E-state index in [1.165, 1.54) is 25.7 Å². The van der Waals surface area contributed by atoms with Gasteiger partial charge in [0.2, 0.25) is 0 Å². The molecule has 13 heavy (non-hydrogen) atoms. The van der Waals surface area contributed by atoms with Gasteiger partial charge in [-0.15, -0.1) is 0 Å². The summed E-state index contributed by atoms with van der Waals surface area (Å²) in [4.78, 5) is 2.50. The Balaban J connectivity index is 1.68. The van der Waals surface area contributed by atoms with E-state index in [0.717, 1.165) is 25.1 Å². The summed E-state index contributed by atoms with van der Waals surface area (Å²) < 4.78 is 5.63. The summed E-state index contributed by atoms with van der Waals surface area (Å²) in [5.41, 5.74) is 0. The van der Waals surface area contributed by atoms with Crippen LogP contribution in [0.5, 0.6) is 0 Å². The van der Waals surface area contributed by atoms with Crippen LogP contribution in [0.2, 0.25) is 0 Å². The molecule has 0 spiro atoms. The van der Waals surface area contributed by atoms with Crippen LogP contribution in [0.1, 0.15) is 32.6 Å². The van der Waals surface area contributed by atoms with E-state index in [1.807, 2.05) is 0 Å². The predicted molar refractivity (Wildman–Crippen MR) is 53.8 cm³/mol. The smallest absolute Gasteiger partial charge is 0.0702 e. The lowest BCUT2D eigenvalue weighted by molar-refractivity contribution is 0.0382. The number of hydrogen-bond acceptors (Lipinski definition) is 2. The molecule has 1 saturated heterocycles. The predicted octanol–water partition coefficient (Wildman–Crippen LogP) is 1.90. The van der Waals surface area contributed by atoms with Crippen LogP contribution in [0, 0.1) is 5.92 Å². The first-order valence-electron chi connectivity index (χ1n) is 5.57. The van der Waals surface area contributed by atoms with E-state index in [2.05, 4.69) is 18.9 Å². The van der Waals surface area contributed by atoms with E-state index in [-0.39, 0.29) is 0 Å². The van der Waals surface area contributed by atoms with Crippen molar-refractivity contribution >= 4 is 0 Å². The van der Waals surface area contributed by atoms with E-state index in [9.17, 15) is 0 Å². The fourth-order valence-electron chi connectivity index (χ4n) is 2.48. The van der Waals surface area contributed by atoms with E-state index in [4.69, 9.17) is 4.74 Å². The van der Waals surface area contributed by atoms with Crippen LogP contribution in [0.25, 0.3) is 0 Å². The summed E-state index contributed by atoms with van der Waals surface area (Å²) in [5, 5.41) is 0. The summed E-state index contributed by atoms with van der Waals surface area (Å²) >= 11 is 0. The highest BCUT2D eigenvalue weighted by atomic mass is 16.5. The molecule has 2 nitrogen and oxygen atoms in total. The van der Waals surface area contributed by atoms with Crippen LogP contribution >= 0.6 is 0 Å². The van der Waals surface area contributed by atoms with Gasteiger partial charge >= 0.3 is 0 Å². The van der Waals surface area contributed by atoms with Gasteiger partial charge in [-0.1, -0.05) is 6.92 Å². The van der Waals surface area contributed by atoms with Gasteiger partial charge < -0.3 is 9.64 Å². The summed E-state index contributed by atoms with van der Waals surface area (Å²) in [5.74, 6) is 0.956. The molecule has 0 aromatic rings. The van der Waals surface area contributed by atoms with E-state index in [0.29, 0.717) is 6.10 Å². The van der Waals surface area contributed by atoms with Crippen LogP contribution in [-0.2, 0) is 4.74 Å². The molecule has 0 amide bonds. The number of ether oxygens (including phenoxy) is 1. The van der Waals surface area contributed by atoms with Gasteiger partial charge in [0.15, 0.2) is 0 Å². The van der Waals surface area contributed by atoms with Gasteiger partial charge in [0.05, 0.1) is 6.10 Å². The van der Waals surface area contributed by atoms with Gasteiger partial charge in [-0.3, -0.25) is 0 Å². The summed E-state index contributed by atoms with van der Waals surface area (Å²) in [6, 6.07) is 0.846. The minimum absolute atomic E-state index is 0.529. The molecule has 0 aromatic carbocycles. The first kappa shape index (κ1) is 9.47. The number of likely N-dealkylation sites (N-methyl/N-ethyl adjacent to an activating group) is 1. The molecule has 2 rings (SSSR count). The largest absolute Gasteiger partial charge is 0.377 e. The van der Waals surface area contributed by atoms with Crippen molar-refractivity contribution in [3.63, 3.8) is 0 Å². The molecule has 2 aliphatic rings. The first-order valence-corrected chi connectivity index (χ1v) is 5.57. The third-order valence-corrected chi connectivity index (χ3v) is 3.49. The molecule has 0 bridgehead atoms. The summed E-state index contributed by atoms with van der Waals surface area (Å²) in [6.45, 7) is 4.48. The van der Waals surface area contributed by atoms with Crippen LogP contribution in [-0.4, -0.2) is 37.2 Å². The maximum absolute atomic E-state index is 5.63. The van der Waals surface area contributed by atoms with Crippen molar-refractivity contribution in [1.29, 1.82) is 0 Å². The topological polar surface area (TPSA) is 12.5 Å². The highest BCUT2D eigenvalue weighted by Crippen LogP contribution is 2.30. The van der Waals surface area contributed by atoms with E-state index >= 15 is 0 Å². The minimum atomic E-state index is 0.529. The molecular formula is C11H21NO. The number of hydrogen-bond donors (Lipinski definition) is 0. The summed E-state index contributed by atoms with van der Waals surface area (Å²) in [7, 11) is 2.25. The molecule has 1 unspecified atom stereocenters. The molecule has 0 N–H and O–H groups in total. The quantitative estimate of drug-likeness (QED) is 0.662. The fourth-order valence-corrected chi connectivity index (χ4v) is 2.48. The Kier molecular flexibility index (Phi) is 2.89. The molecule has 76 valence electrons. The Morgan fingerprint density at radius 2 is 2.15 bits per heavy atom. The van der Waals surface area contributed by atoms with Crippen LogP contribution in [0.15, 0.2) is 0 Å². The molecule has 0 radical (unpaired) electrons. The van der Waals surface area contributed by atoms with Crippen molar-refractivity contribution in [3.05, 3.63) is 0 Å². The standard InChI is InChI=1S/C11H21NO/c1-9-6-10(7-9)12(2)8-11-4-3-5-13-11/h9-11H,3-8H2,1-2H3. The summed E-state index contributed by atoms with van der Waals surface area (Å²) in [6.07, 6.45) is 5.85. The van der Waals surface area contributed by atoms with Crippen LogP contribution in [0.3, 0.4) is 0 Å². The van der Waals surface area contributed by atoms with Crippen LogP contribution < -0.4 is 0 Å². The Morgan fingerprint density at radius 1 is 1.38 bits per heavy atom. The van der Waals surface area contributed by atoms with Crippen molar-refractivity contribution in [1.82, 2.24) is 4.90 Å². The highest BCUT2D eigenvalue weighted by Gasteiger charge is 2.30. The van der Waals surface area contributed by atoms with E-state index < -0.39 is 0 Å². The molecule has 1 heterocycles. The van der Waals surface area contributed by atoms with Gasteiger partial charge in [0, 0.05) is 19.2 Å². The van der Waals surface area contributed by atoms with Gasteiger partial charge in [-0.2, -0.15) is 0 Å². The molecular weight excluding hydrogens is 162 g/mol. The second-order valence-electron chi connectivity index (χ2n) is 4.81. The van der Waals surface area contributed by atoms with Crippen molar-refractivity contribution in [2.75, 3.05) is 20.2 Å². The maximum Gasteiger partial charge on any atom is 0.0702 e. The van der Waals surface area contributed by atoms with Crippen molar-refractivity contribution < 1.29 is 4.74 Å². The molecule has 1 aliphatic heterocycles. The molecule has 1 atom stereocenters. The van der Waals surface area contributed by atoms with Crippen LogP contribution in [0.4, 0.5) is 0 Å². The average molecular weight is 183 g/mol. The van der Waals surface area contributed by atoms with Gasteiger partial charge in [-0.05, 0) is 38.6 Å². The van der Waals surface area contributed by atoms with E-state index in [1.54, 1.807) is 0 Å². The first-order chi connectivity index (χ1) is 6.25. The lowest BCUT2D eigenvalue weighted by Gasteiger charge is -2.40. The van der Waals surface area contributed by atoms with Crippen molar-refractivity contribution in [3.8, 4) is 0 Å². The van der Waals surface area contributed by atoms with Crippen molar-refractivity contribution in [2.24, 2.45) is 5.92 Å². The zero-order valence-corrected chi connectivity index (χ0v) is 8.83. The third kappa shape index (κ3) is 2.23. The maximum atomic E-state index is 5.63. The Labute approximate surface area is 81.3 Å². The monoisotopic (exact) mass is 183 g/mol. The molecule has 2 heteroatoms. The lowest BCUT2D eigenvalue weighted by Crippen LogP contribution is -2.44. The van der Waals surface area contributed by atoms with Crippen molar-refractivity contribution in [2.45, 2.75) is 44.8 Å². The Morgan fingerprint density at radius 3 is 2.69 bits per heavy atom. The highest BCUT2D eigenvalue weighted by molar-refractivity contribution is 4.84. The molecule has 1 aliphatic carbocycles. The number of rotatable bonds is 3. The Hall–Kier alpha value is -0.0800. The lowest BCUT2D eigenvalue weighted by atomic mass is 9.81. The second kappa shape index (κ2) is 3.97. The average Bonchev–Trinajstić information content (AvgIpc) is 2.51. The Bertz CT molecular complexity index is 159. The SMILES string of the molecule is CC1CC(N(C)CC2CCCO2)C1. The molecule has 1 saturated carbocycles. The van der Waals surface area contributed by atoms with Gasteiger partial charge in [-0.25, -0.2) is 0 Å². The third-order valence-electron chi connectivity index (χ3n) is 3.49. The van der Waals surface area contributed by atoms with Gasteiger partial charge in [0.1, 0.15) is 0 Å². The fraction of sp³-hybridized carbons (Fsp3) is 1.00. The zero-order chi connectivity index (χ0) is 9.26. The normalized spacial score (nSPS) is 39.5. The second-order valence-corrected chi connectivity index (χ2v) is 4.81.